The summed E-state index contributed by atoms with van der Waals surface area (Å²) >= 11 is 0. The Balaban J connectivity index is 1.72. The van der Waals surface area contributed by atoms with Crippen LogP contribution in [0.4, 0.5) is 0 Å². The molecule has 0 bridgehead atoms. The van der Waals surface area contributed by atoms with Gasteiger partial charge in [-0.15, -0.1) is 0 Å². The monoisotopic (exact) mass is 305 g/mol. The highest BCUT2D eigenvalue weighted by atomic mass is 16.5. The third-order valence-corrected chi connectivity index (χ3v) is 4.48. The van der Waals surface area contributed by atoms with E-state index in [1.54, 1.807) is 4.90 Å². The summed E-state index contributed by atoms with van der Waals surface area (Å²) in [6.45, 7) is 6.72. The number of rotatable bonds is 6. The van der Waals surface area contributed by atoms with E-state index < -0.39 is 0 Å². The highest BCUT2D eigenvalue weighted by molar-refractivity contribution is 5.77. The molecule has 0 aromatic heterocycles. The Morgan fingerprint density at radius 2 is 2.00 bits per heavy atom. The molecule has 2 rings (SSSR count). The molecule has 1 aromatic rings. The summed E-state index contributed by atoms with van der Waals surface area (Å²) in [5, 5.41) is 0. The van der Waals surface area contributed by atoms with Gasteiger partial charge in [-0.3, -0.25) is 4.79 Å². The number of carbonyl (C=O) groups excluding carboxylic acids is 1. The first-order valence-corrected chi connectivity index (χ1v) is 8.08. The van der Waals surface area contributed by atoms with Gasteiger partial charge in [0, 0.05) is 26.8 Å². The average Bonchev–Trinajstić information content (AvgIpc) is 2.54. The highest BCUT2D eigenvalue weighted by Gasteiger charge is 2.16. The fourth-order valence-electron chi connectivity index (χ4n) is 2.59. The van der Waals surface area contributed by atoms with E-state index in [-0.39, 0.29) is 12.5 Å². The first kappa shape index (κ1) is 16.8. The number of hydrogen-bond acceptors (Lipinski definition) is 3. The van der Waals surface area contributed by atoms with Gasteiger partial charge in [0.25, 0.3) is 5.91 Å². The predicted molar refractivity (Wildman–Crippen MR) is 87.2 cm³/mol. The fourth-order valence-corrected chi connectivity index (χ4v) is 2.59. The van der Waals surface area contributed by atoms with Crippen molar-refractivity contribution in [2.24, 2.45) is 5.92 Å². The zero-order chi connectivity index (χ0) is 15.9. The summed E-state index contributed by atoms with van der Waals surface area (Å²) in [7, 11) is 1.85. The number of nitrogens with zero attached hydrogens (tertiary/aromatic N) is 1. The molecule has 1 aromatic carbocycles. The minimum absolute atomic E-state index is 0.0327. The Morgan fingerprint density at radius 3 is 2.68 bits per heavy atom. The van der Waals surface area contributed by atoms with Gasteiger partial charge in [-0.25, -0.2) is 0 Å². The van der Waals surface area contributed by atoms with Gasteiger partial charge in [0.15, 0.2) is 6.61 Å². The number of benzene rings is 1. The van der Waals surface area contributed by atoms with Crippen molar-refractivity contribution in [1.29, 1.82) is 0 Å². The molecule has 0 aliphatic carbocycles. The van der Waals surface area contributed by atoms with Gasteiger partial charge >= 0.3 is 0 Å². The predicted octanol–water partition coefficient (Wildman–Crippen LogP) is 2.96. The van der Waals surface area contributed by atoms with Crippen molar-refractivity contribution in [3.05, 3.63) is 29.3 Å². The maximum absolute atomic E-state index is 12.1. The zero-order valence-electron chi connectivity index (χ0n) is 13.9. The maximum atomic E-state index is 12.1. The van der Waals surface area contributed by atoms with E-state index in [0.29, 0.717) is 5.92 Å². The van der Waals surface area contributed by atoms with Gasteiger partial charge in [0.1, 0.15) is 5.75 Å². The molecule has 0 saturated carbocycles. The second-order valence-corrected chi connectivity index (χ2v) is 6.19. The van der Waals surface area contributed by atoms with E-state index in [4.69, 9.17) is 9.47 Å². The van der Waals surface area contributed by atoms with Crippen LogP contribution in [0.5, 0.6) is 5.75 Å². The van der Waals surface area contributed by atoms with Crippen LogP contribution in [-0.2, 0) is 9.53 Å². The van der Waals surface area contributed by atoms with Crippen molar-refractivity contribution in [2.45, 2.75) is 33.1 Å². The average molecular weight is 305 g/mol. The topological polar surface area (TPSA) is 38.8 Å². The quantitative estimate of drug-likeness (QED) is 0.811. The lowest BCUT2D eigenvalue weighted by molar-refractivity contribution is -0.132. The van der Waals surface area contributed by atoms with Gasteiger partial charge in [0.05, 0.1) is 0 Å². The molecule has 4 nitrogen and oxygen atoms in total. The van der Waals surface area contributed by atoms with Crippen LogP contribution in [0.15, 0.2) is 18.2 Å². The lowest BCUT2D eigenvalue weighted by Gasteiger charge is -2.25. The van der Waals surface area contributed by atoms with E-state index in [9.17, 15) is 4.79 Å². The van der Waals surface area contributed by atoms with Crippen molar-refractivity contribution < 1.29 is 14.3 Å². The normalized spacial score (nSPS) is 15.6. The molecule has 1 amide bonds. The first-order valence-electron chi connectivity index (χ1n) is 8.08. The van der Waals surface area contributed by atoms with Gasteiger partial charge < -0.3 is 14.4 Å². The van der Waals surface area contributed by atoms with Crippen molar-refractivity contribution in [3.8, 4) is 5.75 Å². The highest BCUT2D eigenvalue weighted by Crippen LogP contribution is 2.19. The molecule has 0 atom stereocenters. The molecule has 0 radical (unpaired) electrons. The lowest BCUT2D eigenvalue weighted by atomic mass is 9.96. The molecule has 1 fully saturated rings. The largest absolute Gasteiger partial charge is 0.484 e. The lowest BCUT2D eigenvalue weighted by Crippen LogP contribution is -2.33. The summed E-state index contributed by atoms with van der Waals surface area (Å²) in [5.74, 6) is 1.48. The van der Waals surface area contributed by atoms with Crippen molar-refractivity contribution in [1.82, 2.24) is 4.90 Å². The number of likely N-dealkylation sites (N-methyl/N-ethyl adjacent to an activating group) is 1. The summed E-state index contributed by atoms with van der Waals surface area (Å²) in [5.41, 5.74) is 2.41. The van der Waals surface area contributed by atoms with Crippen LogP contribution in [0.25, 0.3) is 0 Å². The number of hydrogen-bond donors (Lipinski definition) is 0. The third-order valence-electron chi connectivity index (χ3n) is 4.48. The molecule has 1 aliphatic heterocycles. The Hall–Kier alpha value is -1.55. The Bertz CT molecular complexity index is 495. The summed E-state index contributed by atoms with van der Waals surface area (Å²) < 4.78 is 11.0. The minimum atomic E-state index is 0.0327. The molecule has 22 heavy (non-hydrogen) atoms. The molecule has 0 unspecified atom stereocenters. The zero-order valence-corrected chi connectivity index (χ0v) is 13.9. The molecule has 1 aliphatic rings. The van der Waals surface area contributed by atoms with Crippen LogP contribution in [0.1, 0.15) is 30.4 Å². The van der Waals surface area contributed by atoms with Crippen LogP contribution >= 0.6 is 0 Å². The van der Waals surface area contributed by atoms with Crippen LogP contribution in [-0.4, -0.2) is 44.2 Å². The summed E-state index contributed by atoms with van der Waals surface area (Å²) in [4.78, 5) is 13.9. The van der Waals surface area contributed by atoms with E-state index >= 15 is 0 Å². The van der Waals surface area contributed by atoms with Crippen LogP contribution in [0.2, 0.25) is 0 Å². The standard InChI is InChI=1S/C18H27NO3/c1-14-4-5-17(12-15(14)2)22-13-18(20)19(3)9-6-16-7-10-21-11-8-16/h4-5,12,16H,6-11,13H2,1-3H3. The smallest absolute Gasteiger partial charge is 0.260 e. The molecule has 1 saturated heterocycles. The van der Waals surface area contributed by atoms with Gasteiger partial charge in [-0.05, 0) is 62.3 Å². The minimum Gasteiger partial charge on any atom is -0.484 e. The van der Waals surface area contributed by atoms with Crippen LogP contribution < -0.4 is 4.74 Å². The number of ether oxygens (including phenoxy) is 2. The van der Waals surface area contributed by atoms with Gasteiger partial charge in [-0.2, -0.15) is 0 Å². The Labute approximate surface area is 133 Å². The SMILES string of the molecule is Cc1ccc(OCC(=O)N(C)CCC2CCOCC2)cc1C. The van der Waals surface area contributed by atoms with E-state index in [2.05, 4.69) is 6.92 Å². The van der Waals surface area contributed by atoms with E-state index in [1.807, 2.05) is 32.2 Å². The number of aryl methyl sites for hydroxylation is 2. The van der Waals surface area contributed by atoms with Gasteiger partial charge in [0.2, 0.25) is 0 Å². The van der Waals surface area contributed by atoms with Crippen LogP contribution in [0.3, 0.4) is 0 Å². The third kappa shape index (κ3) is 5.02. The van der Waals surface area contributed by atoms with Crippen LogP contribution in [0, 0.1) is 19.8 Å². The van der Waals surface area contributed by atoms with Gasteiger partial charge in [-0.1, -0.05) is 6.07 Å². The number of carbonyl (C=O) groups is 1. The Kier molecular flexibility index (Phi) is 6.25. The fraction of sp³-hybridized carbons (Fsp3) is 0.611. The number of amides is 1. The molecule has 0 spiro atoms. The second-order valence-electron chi connectivity index (χ2n) is 6.19. The Morgan fingerprint density at radius 1 is 1.27 bits per heavy atom. The molecular weight excluding hydrogens is 278 g/mol. The van der Waals surface area contributed by atoms with Crippen molar-refractivity contribution >= 4 is 5.91 Å². The van der Waals surface area contributed by atoms with Crippen molar-refractivity contribution in [2.75, 3.05) is 33.4 Å². The molecular formula is C18H27NO3. The van der Waals surface area contributed by atoms with E-state index in [0.717, 1.165) is 44.8 Å². The molecule has 122 valence electrons. The van der Waals surface area contributed by atoms with E-state index in [1.165, 1.54) is 11.1 Å². The van der Waals surface area contributed by atoms with Crippen molar-refractivity contribution in [3.63, 3.8) is 0 Å². The summed E-state index contributed by atoms with van der Waals surface area (Å²) in [6.07, 6.45) is 3.28. The maximum Gasteiger partial charge on any atom is 0.260 e. The first-order chi connectivity index (χ1) is 10.6. The summed E-state index contributed by atoms with van der Waals surface area (Å²) in [6, 6.07) is 5.91. The second kappa shape index (κ2) is 8.18. The molecule has 1 heterocycles. The molecule has 0 N–H and O–H groups in total. The molecule has 4 heteroatoms.